The molecule has 52 heavy (non-hydrogen) atoms. The number of hydrogen-bond acceptors (Lipinski definition) is 4. The number of piperidine rings is 2. The molecule has 1 aromatic rings. The Morgan fingerprint density at radius 3 is 2.58 bits per heavy atom. The van der Waals surface area contributed by atoms with Gasteiger partial charge in [0.2, 0.25) is 0 Å². The van der Waals surface area contributed by atoms with E-state index in [-0.39, 0.29) is 40.2 Å². The number of aliphatic hydroxyl groups is 2. The maximum Gasteiger partial charge on any atom is 0.0696 e. The highest BCUT2D eigenvalue weighted by molar-refractivity contribution is 5.47. The van der Waals surface area contributed by atoms with E-state index in [1.807, 2.05) is 6.92 Å². The quantitative estimate of drug-likeness (QED) is 0.237. The fourth-order valence-electron chi connectivity index (χ4n) is 16.9. The van der Waals surface area contributed by atoms with E-state index in [1.165, 1.54) is 89.0 Å². The molecule has 3 spiro atoms. The fourth-order valence-corrected chi connectivity index (χ4v) is 16.9. The van der Waals surface area contributed by atoms with Crippen LogP contribution in [0.4, 0.5) is 0 Å². The van der Waals surface area contributed by atoms with Crippen molar-refractivity contribution in [1.29, 1.82) is 0 Å². The summed E-state index contributed by atoms with van der Waals surface area (Å²) in [5, 5.41) is 30.1. The number of fused-ring (bicyclic) bond motifs is 7. The summed E-state index contributed by atoms with van der Waals surface area (Å²) in [4.78, 5) is 0. The van der Waals surface area contributed by atoms with E-state index >= 15 is 0 Å². The summed E-state index contributed by atoms with van der Waals surface area (Å²) < 4.78 is 0. The van der Waals surface area contributed by atoms with Crippen LogP contribution in [0.15, 0.2) is 59.2 Å². The number of nitrogens with one attached hydrogen (secondary N) is 2. The average molecular weight is 705 g/mol. The molecule has 9 bridgehead atoms. The molecule has 2 saturated heterocycles. The van der Waals surface area contributed by atoms with E-state index < -0.39 is 0 Å². The van der Waals surface area contributed by atoms with E-state index in [2.05, 4.69) is 69.9 Å². The van der Waals surface area contributed by atoms with Gasteiger partial charge in [0.15, 0.2) is 0 Å². The normalized spacial score (nSPS) is 50.5. The molecule has 4 heteroatoms. The summed E-state index contributed by atoms with van der Waals surface area (Å²) in [6.45, 7) is 17.3. The standard InChI is InChI=1S/C48H68N2O2/c1-28(2)35-19-39-29(3)14-38-26-44(39,5)46(24-35)11-10-33(23-46)16-31-8-7-9-32(15-31)17-36-25-47(38)12-13-48-37(21-40(36)45(48,6)50-47)18-34-20-42(49-27-30(4)51)43(52)22-41(34)48/h7-9,14-15,30,33-37,40-43,49-52H,1,10-13,16-27H2,2-6H3. The number of hydrogen-bond donors (Lipinski definition) is 4. The largest absolute Gasteiger partial charge is 0.392 e. The molecule has 15 atom stereocenters. The van der Waals surface area contributed by atoms with Gasteiger partial charge in [-0.15, -0.1) is 0 Å². The average Bonchev–Trinajstić information content (AvgIpc) is 3.72. The van der Waals surface area contributed by atoms with Gasteiger partial charge >= 0.3 is 0 Å². The van der Waals surface area contributed by atoms with E-state index in [0.29, 0.717) is 41.5 Å². The Labute approximate surface area is 314 Å². The second-order valence-corrected chi connectivity index (χ2v) is 21.4. The lowest BCUT2D eigenvalue weighted by atomic mass is 9.44. The monoisotopic (exact) mass is 705 g/mol. The first-order valence-corrected chi connectivity index (χ1v) is 21.8. The number of benzene rings is 1. The lowest BCUT2D eigenvalue weighted by molar-refractivity contribution is -0.108. The Kier molecular flexibility index (Phi) is 7.79. The Morgan fingerprint density at radius 1 is 0.981 bits per heavy atom. The Morgan fingerprint density at radius 2 is 1.79 bits per heavy atom. The Hall–Kier alpha value is -1.72. The summed E-state index contributed by atoms with van der Waals surface area (Å²) in [6, 6.07) is 10.0. The zero-order chi connectivity index (χ0) is 36.0. The maximum atomic E-state index is 11.7. The SMILES string of the molecule is C=C(C)C1CC2=C(C)C=C3CC2(C)C2(CCC(Cc4cccc(c4)CC4CC35CCC36C(CC7CC(NCC(C)O)C(O)CC73)CC4C6(C)N5)C2)C1. The Balaban J connectivity index is 1.09. The summed E-state index contributed by atoms with van der Waals surface area (Å²) >= 11 is 0. The molecule has 2 heterocycles. The zero-order valence-electron chi connectivity index (χ0n) is 33.1. The molecule has 282 valence electrons. The molecule has 2 aliphatic heterocycles. The highest BCUT2D eigenvalue weighted by atomic mass is 16.3. The minimum absolute atomic E-state index is 0.0463. The van der Waals surface area contributed by atoms with E-state index in [0.717, 1.165) is 24.7 Å². The molecule has 5 saturated carbocycles. The van der Waals surface area contributed by atoms with Gasteiger partial charge in [-0.25, -0.2) is 0 Å². The maximum absolute atomic E-state index is 11.7. The van der Waals surface area contributed by atoms with Crippen molar-refractivity contribution in [2.45, 2.75) is 160 Å². The topological polar surface area (TPSA) is 64.5 Å². The van der Waals surface area contributed by atoms with E-state index in [4.69, 9.17) is 5.32 Å². The lowest BCUT2D eigenvalue weighted by Crippen LogP contribution is -2.75. The predicted octanol–water partition coefficient (Wildman–Crippen LogP) is 8.86. The van der Waals surface area contributed by atoms with Crippen molar-refractivity contribution < 1.29 is 10.2 Å². The van der Waals surface area contributed by atoms with Crippen molar-refractivity contribution in [2.75, 3.05) is 6.54 Å². The highest BCUT2D eigenvalue weighted by Gasteiger charge is 2.76. The molecule has 4 N–H and O–H groups in total. The third kappa shape index (κ3) is 4.65. The van der Waals surface area contributed by atoms with Gasteiger partial charge in [0.05, 0.1) is 12.2 Å². The van der Waals surface area contributed by atoms with Crippen LogP contribution in [0.2, 0.25) is 0 Å². The highest BCUT2D eigenvalue weighted by Crippen LogP contribution is 2.76. The number of allylic oxidation sites excluding steroid dienone is 4. The minimum atomic E-state index is -0.382. The van der Waals surface area contributed by atoms with Crippen LogP contribution in [0, 0.1) is 57.7 Å². The molecule has 1 aromatic carbocycles. The summed E-state index contributed by atoms with van der Waals surface area (Å²) in [5.41, 5.74) is 10.6. The van der Waals surface area contributed by atoms with Gasteiger partial charge in [-0.1, -0.05) is 60.6 Å². The third-order valence-electron chi connectivity index (χ3n) is 19.0. The van der Waals surface area contributed by atoms with Crippen LogP contribution < -0.4 is 10.6 Å². The van der Waals surface area contributed by atoms with Crippen LogP contribution >= 0.6 is 0 Å². The molecule has 4 nitrogen and oxygen atoms in total. The molecular weight excluding hydrogens is 637 g/mol. The second kappa shape index (κ2) is 11.7. The van der Waals surface area contributed by atoms with Crippen molar-refractivity contribution in [3.05, 3.63) is 70.3 Å². The third-order valence-corrected chi connectivity index (χ3v) is 19.0. The lowest BCUT2D eigenvalue weighted by Gasteiger charge is -2.67. The molecule has 0 aromatic heterocycles. The van der Waals surface area contributed by atoms with Crippen LogP contribution in [0.1, 0.15) is 129 Å². The first-order chi connectivity index (χ1) is 24.8. The molecule has 0 amide bonds. The van der Waals surface area contributed by atoms with Gasteiger partial charge in [-0.3, -0.25) is 0 Å². The summed E-state index contributed by atoms with van der Waals surface area (Å²) in [7, 11) is 0. The van der Waals surface area contributed by atoms with Gasteiger partial charge in [0.25, 0.3) is 0 Å². The number of rotatable bonds is 4. The van der Waals surface area contributed by atoms with Gasteiger partial charge in [0, 0.05) is 23.7 Å². The molecule has 9 aliphatic rings. The first kappa shape index (κ1) is 34.7. The van der Waals surface area contributed by atoms with Crippen LogP contribution in [-0.2, 0) is 12.8 Å². The van der Waals surface area contributed by atoms with Gasteiger partial charge < -0.3 is 20.8 Å². The van der Waals surface area contributed by atoms with Crippen molar-refractivity contribution in [2.24, 2.45) is 57.7 Å². The van der Waals surface area contributed by atoms with Gasteiger partial charge in [-0.05, 0) is 198 Å². The molecule has 0 radical (unpaired) electrons. The van der Waals surface area contributed by atoms with Crippen molar-refractivity contribution in [3.8, 4) is 0 Å². The molecule has 15 unspecified atom stereocenters. The van der Waals surface area contributed by atoms with Crippen molar-refractivity contribution in [3.63, 3.8) is 0 Å². The fraction of sp³-hybridized carbons (Fsp3) is 0.750. The van der Waals surface area contributed by atoms with Crippen LogP contribution in [0.5, 0.6) is 0 Å². The second-order valence-electron chi connectivity index (χ2n) is 21.4. The Bertz CT molecular complexity index is 1730. The molecular formula is C48H68N2O2. The van der Waals surface area contributed by atoms with E-state index in [1.54, 1.807) is 27.8 Å². The van der Waals surface area contributed by atoms with Crippen LogP contribution in [0.25, 0.3) is 0 Å². The molecule has 7 fully saturated rings. The molecule has 7 aliphatic carbocycles. The summed E-state index contributed by atoms with van der Waals surface area (Å²) in [6.07, 6.45) is 20.9. The van der Waals surface area contributed by atoms with Gasteiger partial charge in [-0.2, -0.15) is 0 Å². The minimum Gasteiger partial charge on any atom is -0.392 e. The van der Waals surface area contributed by atoms with Crippen molar-refractivity contribution in [1.82, 2.24) is 10.6 Å². The molecule has 10 rings (SSSR count). The van der Waals surface area contributed by atoms with Gasteiger partial charge in [0.1, 0.15) is 0 Å². The first-order valence-electron chi connectivity index (χ1n) is 21.8. The van der Waals surface area contributed by atoms with Crippen LogP contribution in [0.3, 0.4) is 0 Å². The summed E-state index contributed by atoms with van der Waals surface area (Å²) in [5.74, 6) is 4.71. The smallest absolute Gasteiger partial charge is 0.0696 e. The zero-order valence-corrected chi connectivity index (χ0v) is 33.1. The number of aliphatic hydroxyl groups excluding tert-OH is 2. The van der Waals surface area contributed by atoms with Crippen LogP contribution in [-0.4, -0.2) is 46.1 Å². The predicted molar refractivity (Wildman–Crippen MR) is 211 cm³/mol. The van der Waals surface area contributed by atoms with Crippen molar-refractivity contribution >= 4 is 0 Å². The van der Waals surface area contributed by atoms with E-state index in [9.17, 15) is 10.2 Å².